The molecule has 0 unspecified atom stereocenters. The van der Waals surface area contributed by atoms with Gasteiger partial charge in [-0.05, 0) is 39.3 Å². The molecule has 1 aromatic rings. The van der Waals surface area contributed by atoms with Gasteiger partial charge in [0.05, 0.1) is 6.61 Å². The van der Waals surface area contributed by atoms with Gasteiger partial charge in [0.1, 0.15) is 31.0 Å². The van der Waals surface area contributed by atoms with Crippen molar-refractivity contribution in [2.75, 3.05) is 13.2 Å². The summed E-state index contributed by atoms with van der Waals surface area (Å²) < 4.78 is 35.2. The molecule has 10 nitrogen and oxygen atoms in total. The van der Waals surface area contributed by atoms with E-state index in [4.69, 9.17) is 28.4 Å². The largest absolute Gasteiger partial charge is 0.363 e. The van der Waals surface area contributed by atoms with Crippen molar-refractivity contribution >= 4 is 17.9 Å². The Kier molecular flexibility index (Phi) is 6.85. The van der Waals surface area contributed by atoms with Crippen molar-refractivity contribution in [3.8, 4) is 0 Å². The average molecular weight is 462 g/mol. The quantitative estimate of drug-likeness (QED) is 0.480. The number of benzene rings is 1. The van der Waals surface area contributed by atoms with Gasteiger partial charge < -0.3 is 28.4 Å². The van der Waals surface area contributed by atoms with Gasteiger partial charge in [0, 0.05) is 6.08 Å². The highest BCUT2D eigenvalue weighted by Crippen LogP contribution is 2.41. The van der Waals surface area contributed by atoms with Crippen molar-refractivity contribution in [1.29, 1.82) is 0 Å². The second-order valence-corrected chi connectivity index (χ2v) is 8.99. The minimum Gasteiger partial charge on any atom is -0.363 e. The lowest BCUT2D eigenvalue weighted by molar-refractivity contribution is -0.235. The molecule has 10 heteroatoms. The van der Waals surface area contributed by atoms with Gasteiger partial charge in [-0.25, -0.2) is 0 Å². The molecule has 33 heavy (non-hydrogen) atoms. The summed E-state index contributed by atoms with van der Waals surface area (Å²) in [6, 6.07) is 9.34. The second-order valence-electron chi connectivity index (χ2n) is 8.99. The molecule has 4 rings (SSSR count). The Morgan fingerprint density at radius 2 is 1.79 bits per heavy atom. The van der Waals surface area contributed by atoms with Crippen molar-refractivity contribution < 1.29 is 38.0 Å². The molecule has 0 spiro atoms. The van der Waals surface area contributed by atoms with Gasteiger partial charge in [0.25, 0.3) is 11.8 Å². The Labute approximate surface area is 192 Å². The number of ether oxygens (including phenoxy) is 6. The molecular weight excluding hydrogens is 432 g/mol. The molecule has 0 bridgehead atoms. The summed E-state index contributed by atoms with van der Waals surface area (Å²) in [5.74, 6) is -2.58. The highest BCUT2D eigenvalue weighted by atomic mass is 16.8. The summed E-state index contributed by atoms with van der Waals surface area (Å²) in [6.45, 7) is 7.19. The van der Waals surface area contributed by atoms with Crippen LogP contribution in [-0.4, -0.2) is 67.3 Å². The molecule has 2 amide bonds. The number of nitrogens with one attached hydrogen (secondary N) is 2. The molecule has 0 aliphatic carbocycles. The summed E-state index contributed by atoms with van der Waals surface area (Å²) in [7, 11) is 0. The molecule has 2 N–H and O–H groups in total. The van der Waals surface area contributed by atoms with E-state index in [-0.39, 0.29) is 6.61 Å². The van der Waals surface area contributed by atoms with Crippen molar-refractivity contribution in [2.24, 2.45) is 0 Å². The number of carbonyl (C=O) groups excluding carboxylic acids is 2. The van der Waals surface area contributed by atoms with E-state index in [0.717, 1.165) is 5.56 Å². The maximum atomic E-state index is 12.3. The van der Waals surface area contributed by atoms with E-state index in [0.29, 0.717) is 6.61 Å². The SMILES string of the molecule is CC1(C)O[C@H]2O[C@@H]([C@@H]3COC(C)(C)O3)[C@H](OCC(=O)NNC(=O)C=Cc3ccccc3)[C@@H]2O1. The first-order valence-electron chi connectivity index (χ1n) is 10.9. The number of hydrazine groups is 1. The summed E-state index contributed by atoms with van der Waals surface area (Å²) in [6.07, 6.45) is 0.210. The van der Waals surface area contributed by atoms with Gasteiger partial charge in [-0.15, -0.1) is 0 Å². The maximum absolute atomic E-state index is 12.3. The van der Waals surface area contributed by atoms with Crippen LogP contribution in [0.5, 0.6) is 0 Å². The Hall–Kier alpha value is -2.34. The van der Waals surface area contributed by atoms with Gasteiger partial charge in [0.15, 0.2) is 17.9 Å². The second kappa shape index (κ2) is 9.49. The lowest BCUT2D eigenvalue weighted by Gasteiger charge is -2.28. The standard InChI is InChI=1S/C23H30N2O8/c1-22(2)29-12-15(31-22)18-19(20-21(30-18)33-23(3,4)32-20)28-13-17(27)25-24-16(26)11-10-14-8-6-5-7-9-14/h5-11,15,18-21H,12-13H2,1-4H3,(H,24,26)(H,25,27)/t15-,18-,19-,20-,21+/m0/s1. The topological polar surface area (TPSA) is 114 Å². The van der Waals surface area contributed by atoms with Gasteiger partial charge >= 0.3 is 0 Å². The fourth-order valence-corrected chi connectivity index (χ4v) is 3.99. The van der Waals surface area contributed by atoms with Crippen LogP contribution in [0.2, 0.25) is 0 Å². The smallest absolute Gasteiger partial charge is 0.264 e. The molecule has 3 saturated heterocycles. The van der Waals surface area contributed by atoms with E-state index < -0.39 is 54.1 Å². The third-order valence-corrected chi connectivity index (χ3v) is 5.38. The first-order valence-corrected chi connectivity index (χ1v) is 10.9. The summed E-state index contributed by atoms with van der Waals surface area (Å²) in [5, 5.41) is 0. The molecule has 3 aliphatic rings. The lowest BCUT2D eigenvalue weighted by Crippen LogP contribution is -2.47. The number of amides is 2. The third kappa shape index (κ3) is 5.97. The third-order valence-electron chi connectivity index (χ3n) is 5.38. The maximum Gasteiger partial charge on any atom is 0.264 e. The molecule has 3 aliphatic heterocycles. The fourth-order valence-electron chi connectivity index (χ4n) is 3.99. The average Bonchev–Trinajstić information content (AvgIpc) is 3.38. The predicted octanol–water partition coefficient (Wildman–Crippen LogP) is 1.26. The molecule has 3 fully saturated rings. The number of fused-ring (bicyclic) bond motifs is 1. The minimum atomic E-state index is -0.838. The first-order chi connectivity index (χ1) is 15.6. The monoisotopic (exact) mass is 462 g/mol. The summed E-state index contributed by atoms with van der Waals surface area (Å²) >= 11 is 0. The highest BCUT2D eigenvalue weighted by molar-refractivity contribution is 5.93. The van der Waals surface area contributed by atoms with Gasteiger partial charge in [-0.1, -0.05) is 30.3 Å². The molecule has 180 valence electrons. The van der Waals surface area contributed by atoms with E-state index in [9.17, 15) is 9.59 Å². The molecule has 0 saturated carbocycles. The summed E-state index contributed by atoms with van der Waals surface area (Å²) in [5.41, 5.74) is 5.53. The summed E-state index contributed by atoms with van der Waals surface area (Å²) in [4.78, 5) is 24.2. The number of hydrogen-bond acceptors (Lipinski definition) is 8. The number of rotatable bonds is 6. The van der Waals surface area contributed by atoms with Crippen molar-refractivity contribution in [3.63, 3.8) is 0 Å². The zero-order valence-electron chi connectivity index (χ0n) is 19.1. The van der Waals surface area contributed by atoms with Crippen molar-refractivity contribution in [1.82, 2.24) is 10.9 Å². The van der Waals surface area contributed by atoms with Crippen LogP contribution in [-0.2, 0) is 38.0 Å². The van der Waals surface area contributed by atoms with Gasteiger partial charge in [-0.2, -0.15) is 0 Å². The highest BCUT2D eigenvalue weighted by Gasteiger charge is 2.59. The number of hydrogen-bond donors (Lipinski definition) is 2. The van der Waals surface area contributed by atoms with Gasteiger partial charge in [-0.3, -0.25) is 20.4 Å². The zero-order chi connectivity index (χ0) is 23.6. The van der Waals surface area contributed by atoms with Crippen molar-refractivity contribution in [2.45, 2.75) is 70.0 Å². The Morgan fingerprint density at radius 3 is 2.48 bits per heavy atom. The molecule has 0 radical (unpaired) electrons. The fraction of sp³-hybridized carbons (Fsp3) is 0.565. The Balaban J connectivity index is 1.30. The molecule has 5 atom stereocenters. The van der Waals surface area contributed by atoms with Crippen molar-refractivity contribution in [3.05, 3.63) is 42.0 Å². The van der Waals surface area contributed by atoms with Crippen LogP contribution in [0.3, 0.4) is 0 Å². The predicted molar refractivity (Wildman–Crippen MR) is 115 cm³/mol. The van der Waals surface area contributed by atoms with E-state index in [1.165, 1.54) is 6.08 Å². The van der Waals surface area contributed by atoms with Crippen LogP contribution in [0.4, 0.5) is 0 Å². The molecule has 3 heterocycles. The van der Waals surface area contributed by atoms with E-state index in [1.54, 1.807) is 19.9 Å². The first kappa shape index (κ1) is 23.8. The Morgan fingerprint density at radius 1 is 1.03 bits per heavy atom. The van der Waals surface area contributed by atoms with E-state index in [1.807, 2.05) is 44.2 Å². The van der Waals surface area contributed by atoms with Crippen LogP contribution < -0.4 is 10.9 Å². The number of carbonyl (C=O) groups is 2. The van der Waals surface area contributed by atoms with E-state index in [2.05, 4.69) is 10.9 Å². The van der Waals surface area contributed by atoms with Crippen LogP contribution in [0.25, 0.3) is 6.08 Å². The van der Waals surface area contributed by atoms with Gasteiger partial charge in [0.2, 0.25) is 0 Å². The molecule has 1 aromatic carbocycles. The van der Waals surface area contributed by atoms with Crippen LogP contribution in [0.1, 0.15) is 33.3 Å². The van der Waals surface area contributed by atoms with E-state index >= 15 is 0 Å². The Bertz CT molecular complexity index is 888. The molecule has 0 aromatic heterocycles. The normalized spacial score (nSPS) is 32.1. The van der Waals surface area contributed by atoms with Crippen LogP contribution in [0.15, 0.2) is 36.4 Å². The minimum absolute atomic E-state index is 0.316. The van der Waals surface area contributed by atoms with Crippen LogP contribution >= 0.6 is 0 Å². The zero-order valence-corrected chi connectivity index (χ0v) is 19.1. The molecular formula is C23H30N2O8. The lowest BCUT2D eigenvalue weighted by atomic mass is 10.1. The van der Waals surface area contributed by atoms with Crippen LogP contribution in [0, 0.1) is 0 Å².